The van der Waals surface area contributed by atoms with Crippen molar-refractivity contribution in [3.8, 4) is 18.0 Å². The fourth-order valence-electron chi connectivity index (χ4n) is 2.21. The molecule has 0 saturated carbocycles. The topological polar surface area (TPSA) is 72.4 Å². The Bertz CT molecular complexity index is 717. The van der Waals surface area contributed by atoms with Crippen LogP contribution in [0.3, 0.4) is 0 Å². The van der Waals surface area contributed by atoms with E-state index in [0.717, 1.165) is 11.3 Å². The Balaban J connectivity index is 2.59. The van der Waals surface area contributed by atoms with E-state index in [1.54, 1.807) is 31.3 Å². The maximum Gasteiger partial charge on any atom is 0.207 e. The molecule has 0 atom stereocenters. The van der Waals surface area contributed by atoms with Crippen molar-refractivity contribution in [1.29, 1.82) is 10.5 Å². The molecule has 0 spiro atoms. The van der Waals surface area contributed by atoms with Crippen molar-refractivity contribution < 1.29 is 4.74 Å². The zero-order chi connectivity index (χ0) is 15.6. The van der Waals surface area contributed by atoms with Crippen molar-refractivity contribution in [1.82, 2.24) is 4.90 Å². The second-order valence-electron chi connectivity index (χ2n) is 5.38. The molecule has 0 bridgehead atoms. The van der Waals surface area contributed by atoms with Crippen molar-refractivity contribution in [3.63, 3.8) is 0 Å². The monoisotopic (exact) mass is 280 g/mol. The van der Waals surface area contributed by atoms with E-state index in [0.29, 0.717) is 17.1 Å². The number of hydrogen-bond donors (Lipinski definition) is 0. The summed E-state index contributed by atoms with van der Waals surface area (Å²) in [6.07, 6.45) is 3.76. The van der Waals surface area contributed by atoms with E-state index < -0.39 is 5.60 Å². The molecule has 0 amide bonds. The van der Waals surface area contributed by atoms with Crippen LogP contribution in [0.15, 0.2) is 29.3 Å². The van der Waals surface area contributed by atoms with E-state index in [9.17, 15) is 0 Å². The van der Waals surface area contributed by atoms with Gasteiger partial charge in [0.1, 0.15) is 17.2 Å². The van der Waals surface area contributed by atoms with Crippen molar-refractivity contribution in [2.45, 2.75) is 26.4 Å². The number of aliphatic imine (C=N–C) groups is 1. The van der Waals surface area contributed by atoms with Crippen LogP contribution in [0.1, 0.15) is 31.9 Å². The zero-order valence-electron chi connectivity index (χ0n) is 12.5. The molecule has 0 saturated heterocycles. The van der Waals surface area contributed by atoms with Gasteiger partial charge < -0.3 is 9.64 Å². The highest BCUT2D eigenvalue weighted by Gasteiger charge is 2.29. The molecular formula is C16H16N4O. The van der Waals surface area contributed by atoms with Gasteiger partial charge in [-0.2, -0.15) is 15.5 Å². The average molecular weight is 280 g/mol. The first-order valence-electron chi connectivity index (χ1n) is 6.51. The van der Waals surface area contributed by atoms with E-state index in [4.69, 9.17) is 15.3 Å². The van der Waals surface area contributed by atoms with Gasteiger partial charge in [0.15, 0.2) is 0 Å². The summed E-state index contributed by atoms with van der Waals surface area (Å²) in [5.41, 5.74) is 1.78. The van der Waals surface area contributed by atoms with Crippen LogP contribution in [0.25, 0.3) is 5.70 Å². The van der Waals surface area contributed by atoms with Gasteiger partial charge in [-0.25, -0.2) is 0 Å². The molecule has 5 nitrogen and oxygen atoms in total. The third-order valence-corrected chi connectivity index (χ3v) is 3.30. The Morgan fingerprint density at radius 2 is 2.05 bits per heavy atom. The zero-order valence-corrected chi connectivity index (χ0v) is 12.5. The molecule has 5 heteroatoms. The highest BCUT2D eigenvalue weighted by molar-refractivity contribution is 5.91. The molecule has 1 heterocycles. The Kier molecular flexibility index (Phi) is 3.69. The van der Waals surface area contributed by atoms with Gasteiger partial charge in [0, 0.05) is 12.6 Å². The van der Waals surface area contributed by atoms with Crippen LogP contribution in [-0.4, -0.2) is 23.4 Å². The third kappa shape index (κ3) is 2.88. The number of fused-ring (bicyclic) bond motifs is 1. The van der Waals surface area contributed by atoms with Crippen molar-refractivity contribution in [2.24, 2.45) is 4.99 Å². The summed E-state index contributed by atoms with van der Waals surface area (Å²) >= 11 is 0. The second-order valence-corrected chi connectivity index (χ2v) is 5.38. The van der Waals surface area contributed by atoms with Crippen molar-refractivity contribution in [2.75, 3.05) is 7.05 Å². The Labute approximate surface area is 124 Å². The highest BCUT2D eigenvalue weighted by atomic mass is 16.5. The van der Waals surface area contributed by atoms with Crippen molar-refractivity contribution >= 4 is 11.5 Å². The normalized spacial score (nSPS) is 15.9. The molecule has 1 aliphatic rings. The average Bonchev–Trinajstić information content (AvgIpc) is 2.44. The standard InChI is InChI=1S/C16H16N4O/c1-11(19-10-18)20(4)14-8-16(2,3)21-15-6-5-12(9-17)7-13(14)15/h5-8H,1-4H3. The highest BCUT2D eigenvalue weighted by Crippen LogP contribution is 2.37. The van der Waals surface area contributed by atoms with E-state index in [2.05, 4.69) is 11.1 Å². The van der Waals surface area contributed by atoms with Gasteiger partial charge in [-0.05, 0) is 45.0 Å². The molecule has 1 aromatic carbocycles. The fourth-order valence-corrected chi connectivity index (χ4v) is 2.21. The lowest BCUT2D eigenvalue weighted by atomic mass is 9.97. The third-order valence-electron chi connectivity index (χ3n) is 3.30. The fraction of sp³-hybridized carbons (Fsp3) is 0.312. The summed E-state index contributed by atoms with van der Waals surface area (Å²) < 4.78 is 5.92. The number of ether oxygens (including phenoxy) is 1. The van der Waals surface area contributed by atoms with Crippen LogP contribution in [0, 0.1) is 22.8 Å². The Hall–Kier alpha value is -2.79. The van der Waals surface area contributed by atoms with Crippen molar-refractivity contribution in [3.05, 3.63) is 35.4 Å². The van der Waals surface area contributed by atoms with Gasteiger partial charge in [0.05, 0.1) is 17.3 Å². The first kappa shape index (κ1) is 14.6. The van der Waals surface area contributed by atoms with Crippen LogP contribution < -0.4 is 4.74 Å². The molecule has 1 aliphatic heterocycles. The van der Waals surface area contributed by atoms with E-state index in [1.807, 2.05) is 31.9 Å². The minimum absolute atomic E-state index is 0.475. The molecule has 0 N–H and O–H groups in total. The number of nitrogens with zero attached hydrogens (tertiary/aromatic N) is 4. The molecule has 106 valence electrons. The van der Waals surface area contributed by atoms with E-state index in [-0.39, 0.29) is 0 Å². The molecule has 0 aliphatic carbocycles. The minimum atomic E-state index is -0.475. The summed E-state index contributed by atoms with van der Waals surface area (Å²) in [5.74, 6) is 1.29. The smallest absolute Gasteiger partial charge is 0.207 e. The lowest BCUT2D eigenvalue weighted by molar-refractivity contribution is 0.156. The van der Waals surface area contributed by atoms with E-state index >= 15 is 0 Å². The Morgan fingerprint density at radius 1 is 1.33 bits per heavy atom. The predicted molar refractivity (Wildman–Crippen MR) is 80.3 cm³/mol. The van der Waals surface area contributed by atoms with Gasteiger partial charge in [0.25, 0.3) is 0 Å². The second kappa shape index (κ2) is 5.30. The van der Waals surface area contributed by atoms with Crippen LogP contribution in [0.2, 0.25) is 0 Å². The van der Waals surface area contributed by atoms with Gasteiger partial charge in [-0.15, -0.1) is 0 Å². The molecular weight excluding hydrogens is 264 g/mol. The number of nitriles is 2. The Morgan fingerprint density at radius 3 is 2.67 bits per heavy atom. The van der Waals surface area contributed by atoms with Gasteiger partial charge in [-0.3, -0.25) is 0 Å². The largest absolute Gasteiger partial charge is 0.483 e. The first-order chi connectivity index (χ1) is 9.88. The van der Waals surface area contributed by atoms with E-state index in [1.165, 1.54) is 0 Å². The van der Waals surface area contributed by atoms with Crippen LogP contribution >= 0.6 is 0 Å². The molecule has 0 fully saturated rings. The van der Waals surface area contributed by atoms with Gasteiger partial charge in [0.2, 0.25) is 6.19 Å². The quantitative estimate of drug-likeness (QED) is 0.450. The SMILES string of the molecule is CC(=NC#N)N(C)C1=CC(C)(C)Oc2ccc(C#N)cc21. The van der Waals surface area contributed by atoms with Crippen LogP contribution in [0.4, 0.5) is 0 Å². The number of amidine groups is 1. The molecule has 0 unspecified atom stereocenters. The summed E-state index contributed by atoms with van der Waals surface area (Å²) in [4.78, 5) is 5.59. The molecule has 0 radical (unpaired) electrons. The predicted octanol–water partition coefficient (Wildman–Crippen LogP) is 2.90. The number of benzene rings is 1. The molecule has 21 heavy (non-hydrogen) atoms. The maximum atomic E-state index is 9.07. The maximum absolute atomic E-state index is 9.07. The summed E-state index contributed by atoms with van der Waals surface area (Å²) in [6.45, 7) is 5.68. The van der Waals surface area contributed by atoms with Gasteiger partial charge in [-0.1, -0.05) is 0 Å². The van der Waals surface area contributed by atoms with Crippen LogP contribution in [-0.2, 0) is 0 Å². The number of rotatable bonds is 1. The van der Waals surface area contributed by atoms with Crippen LogP contribution in [0.5, 0.6) is 5.75 Å². The summed E-state index contributed by atoms with van der Waals surface area (Å²) in [7, 11) is 1.84. The molecule has 0 aromatic heterocycles. The molecule has 1 aromatic rings. The lowest BCUT2D eigenvalue weighted by Gasteiger charge is -2.34. The summed E-state index contributed by atoms with van der Waals surface area (Å²) in [6, 6.07) is 7.44. The summed E-state index contributed by atoms with van der Waals surface area (Å²) in [5, 5.41) is 17.8. The minimum Gasteiger partial charge on any atom is -0.483 e. The molecule has 2 rings (SSSR count). The van der Waals surface area contributed by atoms with Gasteiger partial charge >= 0.3 is 0 Å². The first-order valence-corrected chi connectivity index (χ1v) is 6.51. The number of hydrogen-bond acceptors (Lipinski definition) is 4. The lowest BCUT2D eigenvalue weighted by Crippen LogP contribution is -2.33.